The maximum Gasteiger partial charge on any atom is 0.338 e. The van der Waals surface area contributed by atoms with E-state index < -0.39 is 12.0 Å². The Hall–Kier alpha value is -1.72. The number of halogens is 2. The Kier molecular flexibility index (Phi) is 5.91. The van der Waals surface area contributed by atoms with Gasteiger partial charge in [0.2, 0.25) is 0 Å². The number of urea groups is 1. The van der Waals surface area contributed by atoms with Crippen molar-refractivity contribution in [2.75, 3.05) is 6.61 Å². The van der Waals surface area contributed by atoms with Gasteiger partial charge in [0.15, 0.2) is 0 Å². The van der Waals surface area contributed by atoms with Crippen LogP contribution in [-0.4, -0.2) is 18.6 Å². The van der Waals surface area contributed by atoms with E-state index in [1.165, 1.54) is 0 Å². The number of ether oxygens (including phenoxy) is 1. The topological polar surface area (TPSA) is 67.4 Å². The SMILES string of the molecule is CCCC1=C(C(=O)OCC)[C@H](c2ccc(Cl)cc2Cl)NC(=O)N1. The molecule has 2 N–H and O–H groups in total. The lowest BCUT2D eigenvalue weighted by atomic mass is 9.94. The number of esters is 1. The third-order valence-corrected chi connectivity index (χ3v) is 3.98. The van der Waals surface area contributed by atoms with Crippen molar-refractivity contribution < 1.29 is 14.3 Å². The summed E-state index contributed by atoms with van der Waals surface area (Å²) < 4.78 is 5.15. The van der Waals surface area contributed by atoms with Crippen LogP contribution in [-0.2, 0) is 9.53 Å². The van der Waals surface area contributed by atoms with Crippen LogP contribution in [0.1, 0.15) is 38.3 Å². The molecule has 1 heterocycles. The second-order valence-electron chi connectivity index (χ2n) is 5.06. The minimum Gasteiger partial charge on any atom is -0.463 e. The Morgan fingerprint density at radius 2 is 2.04 bits per heavy atom. The zero-order valence-electron chi connectivity index (χ0n) is 12.9. The monoisotopic (exact) mass is 356 g/mol. The molecule has 0 fully saturated rings. The van der Waals surface area contributed by atoms with Crippen molar-refractivity contribution in [3.63, 3.8) is 0 Å². The van der Waals surface area contributed by atoms with Gasteiger partial charge in [0, 0.05) is 15.7 Å². The molecule has 0 aromatic heterocycles. The van der Waals surface area contributed by atoms with Gasteiger partial charge in [0.05, 0.1) is 18.2 Å². The van der Waals surface area contributed by atoms with Gasteiger partial charge in [-0.2, -0.15) is 0 Å². The maximum absolute atomic E-state index is 12.4. The van der Waals surface area contributed by atoms with E-state index in [2.05, 4.69) is 10.6 Å². The summed E-state index contributed by atoms with van der Waals surface area (Å²) in [7, 11) is 0. The second kappa shape index (κ2) is 7.70. The van der Waals surface area contributed by atoms with Gasteiger partial charge in [-0.3, -0.25) is 0 Å². The zero-order valence-corrected chi connectivity index (χ0v) is 14.4. The highest BCUT2D eigenvalue weighted by Gasteiger charge is 2.34. The van der Waals surface area contributed by atoms with E-state index in [0.29, 0.717) is 33.3 Å². The smallest absolute Gasteiger partial charge is 0.338 e. The number of nitrogens with one attached hydrogen (secondary N) is 2. The van der Waals surface area contributed by atoms with Crippen molar-refractivity contribution in [2.45, 2.75) is 32.7 Å². The first-order chi connectivity index (χ1) is 11.0. The summed E-state index contributed by atoms with van der Waals surface area (Å²) in [5.74, 6) is -0.473. The minimum absolute atomic E-state index is 0.247. The summed E-state index contributed by atoms with van der Waals surface area (Å²) in [6.07, 6.45) is 1.34. The van der Waals surface area contributed by atoms with Gasteiger partial charge in [0.1, 0.15) is 0 Å². The van der Waals surface area contributed by atoms with Crippen LogP contribution in [0, 0.1) is 0 Å². The molecule has 0 spiro atoms. The first kappa shape index (κ1) is 17.6. The molecule has 0 bridgehead atoms. The Morgan fingerprint density at radius 1 is 1.30 bits per heavy atom. The van der Waals surface area contributed by atoms with Gasteiger partial charge in [-0.1, -0.05) is 42.6 Å². The predicted octanol–water partition coefficient (Wildman–Crippen LogP) is 3.96. The number of benzene rings is 1. The molecule has 1 aliphatic rings. The quantitative estimate of drug-likeness (QED) is 0.784. The molecule has 1 aliphatic heterocycles. The van der Waals surface area contributed by atoms with E-state index in [4.69, 9.17) is 27.9 Å². The van der Waals surface area contributed by atoms with Crippen molar-refractivity contribution in [3.8, 4) is 0 Å². The first-order valence-electron chi connectivity index (χ1n) is 7.40. The van der Waals surface area contributed by atoms with E-state index in [9.17, 15) is 9.59 Å². The van der Waals surface area contributed by atoms with Crippen molar-refractivity contribution in [2.24, 2.45) is 0 Å². The fourth-order valence-electron chi connectivity index (χ4n) is 2.48. The van der Waals surface area contributed by atoms with Gasteiger partial charge in [0.25, 0.3) is 0 Å². The third-order valence-electron chi connectivity index (χ3n) is 3.42. The number of carbonyl (C=O) groups is 2. The molecule has 1 aromatic carbocycles. The molecular weight excluding hydrogens is 339 g/mol. The van der Waals surface area contributed by atoms with E-state index in [0.717, 1.165) is 6.42 Å². The first-order valence-corrected chi connectivity index (χ1v) is 8.16. The number of carbonyl (C=O) groups excluding carboxylic acids is 2. The number of rotatable bonds is 5. The molecule has 0 saturated carbocycles. The van der Waals surface area contributed by atoms with Gasteiger partial charge in [-0.15, -0.1) is 0 Å². The predicted molar refractivity (Wildman–Crippen MR) is 89.4 cm³/mol. The van der Waals surface area contributed by atoms with Crippen LogP contribution in [0.25, 0.3) is 0 Å². The molecule has 7 heteroatoms. The maximum atomic E-state index is 12.4. The molecule has 0 radical (unpaired) electrons. The highest BCUT2D eigenvalue weighted by atomic mass is 35.5. The van der Waals surface area contributed by atoms with E-state index in [-0.39, 0.29) is 12.6 Å². The molecule has 5 nitrogen and oxygen atoms in total. The highest BCUT2D eigenvalue weighted by molar-refractivity contribution is 6.35. The van der Waals surface area contributed by atoms with E-state index in [1.54, 1.807) is 25.1 Å². The average Bonchev–Trinajstić information content (AvgIpc) is 2.47. The number of hydrogen-bond donors (Lipinski definition) is 2. The molecule has 1 atom stereocenters. The van der Waals surface area contributed by atoms with Crippen molar-refractivity contribution in [1.82, 2.24) is 10.6 Å². The second-order valence-corrected chi connectivity index (χ2v) is 5.90. The molecular formula is C16H18Cl2N2O3. The summed E-state index contributed by atoms with van der Waals surface area (Å²) in [5.41, 5.74) is 1.53. The van der Waals surface area contributed by atoms with Crippen LogP contribution < -0.4 is 10.6 Å². The largest absolute Gasteiger partial charge is 0.463 e. The number of amides is 2. The summed E-state index contributed by atoms with van der Waals surface area (Å²) in [6, 6.07) is 3.89. The lowest BCUT2D eigenvalue weighted by Crippen LogP contribution is -2.46. The lowest BCUT2D eigenvalue weighted by Gasteiger charge is -2.29. The Balaban J connectivity index is 2.54. The van der Waals surface area contributed by atoms with Crippen molar-refractivity contribution in [3.05, 3.63) is 45.1 Å². The van der Waals surface area contributed by atoms with E-state index in [1.807, 2.05) is 6.92 Å². The van der Waals surface area contributed by atoms with Crippen molar-refractivity contribution >= 4 is 35.2 Å². The van der Waals surface area contributed by atoms with Crippen LogP contribution in [0.15, 0.2) is 29.5 Å². The number of hydrogen-bond acceptors (Lipinski definition) is 3. The van der Waals surface area contributed by atoms with Gasteiger partial charge in [-0.25, -0.2) is 9.59 Å². The summed E-state index contributed by atoms with van der Waals surface area (Å²) in [5, 5.41) is 6.29. The lowest BCUT2D eigenvalue weighted by molar-refractivity contribution is -0.139. The molecule has 2 amide bonds. The van der Waals surface area contributed by atoms with E-state index >= 15 is 0 Å². The van der Waals surface area contributed by atoms with Crippen molar-refractivity contribution in [1.29, 1.82) is 0 Å². The van der Waals surface area contributed by atoms with Gasteiger partial charge >= 0.3 is 12.0 Å². The number of allylic oxidation sites excluding steroid dienone is 1. The normalized spacial score (nSPS) is 17.6. The standard InChI is InChI=1S/C16H18Cl2N2O3/c1-3-5-12-13(15(21)23-4-2)14(20-16(22)19-12)10-7-6-9(17)8-11(10)18/h6-8,14H,3-5H2,1-2H3,(H2,19,20,22)/t14-/m0/s1. The molecule has 23 heavy (non-hydrogen) atoms. The van der Waals surface area contributed by atoms with Crippen LogP contribution in [0.2, 0.25) is 10.0 Å². The third kappa shape index (κ3) is 3.98. The van der Waals surface area contributed by atoms with Crippen LogP contribution in [0.4, 0.5) is 4.79 Å². The highest BCUT2D eigenvalue weighted by Crippen LogP contribution is 2.34. The Labute approximate surface area is 145 Å². The fraction of sp³-hybridized carbons (Fsp3) is 0.375. The Morgan fingerprint density at radius 3 is 2.65 bits per heavy atom. The summed E-state index contributed by atoms with van der Waals surface area (Å²) in [4.78, 5) is 24.4. The zero-order chi connectivity index (χ0) is 17.0. The minimum atomic E-state index is -0.672. The van der Waals surface area contributed by atoms with Crippen LogP contribution in [0.3, 0.4) is 0 Å². The van der Waals surface area contributed by atoms with Gasteiger partial charge in [-0.05, 0) is 31.0 Å². The average molecular weight is 357 g/mol. The van der Waals surface area contributed by atoms with Crippen LogP contribution >= 0.6 is 23.2 Å². The Bertz CT molecular complexity index is 659. The molecule has 0 aliphatic carbocycles. The fourth-order valence-corrected chi connectivity index (χ4v) is 3.00. The molecule has 0 saturated heterocycles. The van der Waals surface area contributed by atoms with Crippen LogP contribution in [0.5, 0.6) is 0 Å². The molecule has 1 aromatic rings. The van der Waals surface area contributed by atoms with Gasteiger partial charge < -0.3 is 15.4 Å². The molecule has 124 valence electrons. The molecule has 0 unspecified atom stereocenters. The summed E-state index contributed by atoms with van der Waals surface area (Å²) >= 11 is 12.2. The molecule has 2 rings (SSSR count). The summed E-state index contributed by atoms with van der Waals surface area (Å²) in [6.45, 7) is 3.95.